The second-order valence-corrected chi connectivity index (χ2v) is 7.67. The van der Waals surface area contributed by atoms with Gasteiger partial charge in [0.05, 0.1) is 11.1 Å². The quantitative estimate of drug-likeness (QED) is 0.373. The number of aromatic nitrogens is 3. The van der Waals surface area contributed by atoms with E-state index in [1.807, 2.05) is 25.1 Å². The molecule has 1 aromatic carbocycles. The van der Waals surface area contributed by atoms with Gasteiger partial charge in [0.1, 0.15) is 17.0 Å². The smallest absolute Gasteiger partial charge is 0.258 e. The van der Waals surface area contributed by atoms with Crippen molar-refractivity contribution in [2.45, 2.75) is 13.5 Å². The van der Waals surface area contributed by atoms with Gasteiger partial charge in [-0.2, -0.15) is 0 Å². The minimum atomic E-state index is -0.534. The standard InChI is InChI=1S/C26H24N6O3/c1-3-32-24(27)22(26(35)28-2)23(34)19-11-12-20(31-25(19)32)17-7-9-18(10-8-17)30-21(33)13-6-16-5-4-14-29-15-16/h4-15H,3,27H2,1-2H3,(H,28,35)(H,30,33). The van der Waals surface area contributed by atoms with Gasteiger partial charge in [0, 0.05) is 43.3 Å². The van der Waals surface area contributed by atoms with Crippen LogP contribution in [0.15, 0.2) is 71.8 Å². The maximum atomic E-state index is 12.9. The number of nitrogens with two attached hydrogens (primary N) is 1. The Morgan fingerprint density at radius 2 is 1.89 bits per heavy atom. The molecule has 3 heterocycles. The Labute approximate surface area is 201 Å². The van der Waals surface area contributed by atoms with Crippen LogP contribution in [-0.4, -0.2) is 33.4 Å². The number of aryl methyl sites for hydroxylation is 1. The highest BCUT2D eigenvalue weighted by molar-refractivity contribution is 6.02. The molecule has 4 rings (SSSR count). The van der Waals surface area contributed by atoms with E-state index in [1.165, 1.54) is 13.1 Å². The first-order valence-electron chi connectivity index (χ1n) is 11.0. The highest BCUT2D eigenvalue weighted by Crippen LogP contribution is 2.24. The van der Waals surface area contributed by atoms with Crippen LogP contribution in [0.2, 0.25) is 0 Å². The number of carbonyl (C=O) groups excluding carboxylic acids is 2. The second kappa shape index (κ2) is 10.0. The Bertz CT molecular complexity index is 1490. The number of anilines is 2. The van der Waals surface area contributed by atoms with Crippen LogP contribution in [0.5, 0.6) is 0 Å². The third kappa shape index (κ3) is 4.79. The molecule has 0 aliphatic heterocycles. The predicted molar refractivity (Wildman–Crippen MR) is 137 cm³/mol. The van der Waals surface area contributed by atoms with E-state index in [0.717, 1.165) is 11.1 Å². The summed E-state index contributed by atoms with van der Waals surface area (Å²) >= 11 is 0. The minimum absolute atomic E-state index is 0.0754. The van der Waals surface area contributed by atoms with Crippen molar-refractivity contribution < 1.29 is 9.59 Å². The molecule has 0 radical (unpaired) electrons. The van der Waals surface area contributed by atoms with Gasteiger partial charge in [-0.1, -0.05) is 18.2 Å². The Kier molecular flexibility index (Phi) is 6.68. The summed E-state index contributed by atoms with van der Waals surface area (Å²) in [5.41, 5.74) is 8.89. The number of pyridine rings is 3. The van der Waals surface area contributed by atoms with Crippen LogP contribution in [0.25, 0.3) is 28.4 Å². The molecule has 0 bridgehead atoms. The molecule has 0 atom stereocenters. The topological polar surface area (TPSA) is 132 Å². The van der Waals surface area contributed by atoms with E-state index < -0.39 is 11.3 Å². The molecule has 4 aromatic rings. The highest BCUT2D eigenvalue weighted by atomic mass is 16.2. The van der Waals surface area contributed by atoms with E-state index in [9.17, 15) is 14.4 Å². The van der Waals surface area contributed by atoms with Gasteiger partial charge < -0.3 is 20.9 Å². The SMILES string of the molecule is CCn1c(N)c(C(=O)NC)c(=O)c2ccc(-c3ccc(NC(=O)C=Cc4cccnc4)cc3)nc21. The lowest BCUT2D eigenvalue weighted by Crippen LogP contribution is -2.30. The molecule has 0 aliphatic carbocycles. The summed E-state index contributed by atoms with van der Waals surface area (Å²) in [4.78, 5) is 46.0. The van der Waals surface area contributed by atoms with Gasteiger partial charge in [-0.25, -0.2) is 4.98 Å². The molecule has 0 saturated heterocycles. The van der Waals surface area contributed by atoms with Crippen LogP contribution in [0, 0.1) is 0 Å². The number of amides is 2. The lowest BCUT2D eigenvalue weighted by atomic mass is 10.1. The lowest BCUT2D eigenvalue weighted by Gasteiger charge is -2.15. The Morgan fingerprint density at radius 3 is 2.54 bits per heavy atom. The number of hydrogen-bond donors (Lipinski definition) is 3. The average Bonchev–Trinajstić information content (AvgIpc) is 2.88. The van der Waals surface area contributed by atoms with Gasteiger partial charge in [-0.05, 0) is 48.9 Å². The van der Waals surface area contributed by atoms with Crippen LogP contribution < -0.4 is 21.8 Å². The summed E-state index contributed by atoms with van der Waals surface area (Å²) in [7, 11) is 1.45. The summed E-state index contributed by atoms with van der Waals surface area (Å²) in [5.74, 6) is -0.722. The molecule has 0 aliphatic rings. The number of fused-ring (bicyclic) bond motifs is 1. The van der Waals surface area contributed by atoms with Crippen molar-refractivity contribution in [1.82, 2.24) is 19.9 Å². The van der Waals surface area contributed by atoms with Gasteiger partial charge in [0.25, 0.3) is 5.91 Å². The van der Waals surface area contributed by atoms with Crippen molar-refractivity contribution >= 4 is 40.4 Å². The van der Waals surface area contributed by atoms with Gasteiger partial charge in [0.2, 0.25) is 11.3 Å². The number of carbonyl (C=O) groups is 2. The summed E-state index contributed by atoms with van der Waals surface area (Å²) in [6.45, 7) is 2.29. The normalized spacial score (nSPS) is 11.0. The Hall–Kier alpha value is -4.79. The van der Waals surface area contributed by atoms with Crippen molar-refractivity contribution in [3.63, 3.8) is 0 Å². The van der Waals surface area contributed by atoms with Crippen molar-refractivity contribution in [3.05, 3.63) is 88.4 Å². The third-order valence-corrected chi connectivity index (χ3v) is 5.48. The van der Waals surface area contributed by atoms with Crippen LogP contribution in [0.4, 0.5) is 11.5 Å². The molecule has 0 fully saturated rings. The summed E-state index contributed by atoms with van der Waals surface area (Å²) in [5, 5.41) is 5.58. The number of benzene rings is 1. The Balaban J connectivity index is 1.61. The van der Waals surface area contributed by atoms with E-state index in [-0.39, 0.29) is 17.3 Å². The van der Waals surface area contributed by atoms with E-state index >= 15 is 0 Å². The number of nitrogen functional groups attached to an aromatic ring is 1. The first-order valence-corrected chi connectivity index (χ1v) is 11.0. The Morgan fingerprint density at radius 1 is 1.11 bits per heavy atom. The maximum absolute atomic E-state index is 12.9. The molecule has 35 heavy (non-hydrogen) atoms. The van der Waals surface area contributed by atoms with Crippen molar-refractivity contribution in [2.75, 3.05) is 18.1 Å². The maximum Gasteiger partial charge on any atom is 0.258 e. The fourth-order valence-corrected chi connectivity index (χ4v) is 3.71. The third-order valence-electron chi connectivity index (χ3n) is 5.48. The molecule has 0 saturated carbocycles. The van der Waals surface area contributed by atoms with E-state index in [1.54, 1.807) is 53.4 Å². The van der Waals surface area contributed by atoms with Gasteiger partial charge >= 0.3 is 0 Å². The molecule has 2 amide bonds. The molecule has 176 valence electrons. The molecule has 4 N–H and O–H groups in total. The number of nitrogens with one attached hydrogen (secondary N) is 2. The van der Waals surface area contributed by atoms with Crippen LogP contribution in [0.1, 0.15) is 22.8 Å². The van der Waals surface area contributed by atoms with Crippen LogP contribution in [-0.2, 0) is 11.3 Å². The number of nitrogens with zero attached hydrogens (tertiary/aromatic N) is 3. The molecule has 9 heteroatoms. The molecule has 3 aromatic heterocycles. The van der Waals surface area contributed by atoms with E-state index in [2.05, 4.69) is 20.6 Å². The fourth-order valence-electron chi connectivity index (χ4n) is 3.71. The van der Waals surface area contributed by atoms with Crippen LogP contribution in [0.3, 0.4) is 0 Å². The summed E-state index contributed by atoms with van der Waals surface area (Å²) in [6, 6.07) is 14.2. The first-order chi connectivity index (χ1) is 16.9. The lowest BCUT2D eigenvalue weighted by molar-refractivity contribution is -0.111. The van der Waals surface area contributed by atoms with Crippen LogP contribution >= 0.6 is 0 Å². The van der Waals surface area contributed by atoms with Gasteiger partial charge in [0.15, 0.2) is 0 Å². The van der Waals surface area contributed by atoms with Gasteiger partial charge in [-0.3, -0.25) is 19.4 Å². The van der Waals surface area contributed by atoms with Crippen molar-refractivity contribution in [2.24, 2.45) is 0 Å². The minimum Gasteiger partial charge on any atom is -0.384 e. The number of rotatable bonds is 6. The second-order valence-electron chi connectivity index (χ2n) is 7.67. The zero-order valence-corrected chi connectivity index (χ0v) is 19.3. The van der Waals surface area contributed by atoms with Crippen molar-refractivity contribution in [3.8, 4) is 11.3 Å². The van der Waals surface area contributed by atoms with Gasteiger partial charge in [-0.15, -0.1) is 0 Å². The van der Waals surface area contributed by atoms with E-state index in [0.29, 0.717) is 29.0 Å². The van der Waals surface area contributed by atoms with E-state index in [4.69, 9.17) is 5.73 Å². The molecule has 0 unspecified atom stereocenters. The zero-order chi connectivity index (χ0) is 24.9. The largest absolute Gasteiger partial charge is 0.384 e. The monoisotopic (exact) mass is 468 g/mol. The van der Waals surface area contributed by atoms with Crippen molar-refractivity contribution in [1.29, 1.82) is 0 Å². The molecule has 0 spiro atoms. The summed E-state index contributed by atoms with van der Waals surface area (Å²) in [6.07, 6.45) is 6.46. The fraction of sp³-hybridized carbons (Fsp3) is 0.115. The average molecular weight is 469 g/mol. The molecular weight excluding hydrogens is 444 g/mol. The predicted octanol–water partition coefficient (Wildman–Crippen LogP) is 3.07. The zero-order valence-electron chi connectivity index (χ0n) is 19.3. The number of hydrogen-bond acceptors (Lipinski definition) is 6. The first kappa shape index (κ1) is 23.4. The molecule has 9 nitrogen and oxygen atoms in total. The highest BCUT2D eigenvalue weighted by Gasteiger charge is 2.20. The summed E-state index contributed by atoms with van der Waals surface area (Å²) < 4.78 is 1.65. The molecular formula is C26H24N6O3.